The zero-order chi connectivity index (χ0) is 15.4. The summed E-state index contributed by atoms with van der Waals surface area (Å²) >= 11 is 1.75. The van der Waals surface area contributed by atoms with Gasteiger partial charge in [0.1, 0.15) is 22.5 Å². The monoisotopic (exact) mass is 305 g/mol. The van der Waals surface area contributed by atoms with Crippen LogP contribution < -0.4 is 10.6 Å². The molecule has 21 heavy (non-hydrogen) atoms. The van der Waals surface area contributed by atoms with Crippen LogP contribution in [0.2, 0.25) is 0 Å². The smallest absolute Gasteiger partial charge is 0.135 e. The highest BCUT2D eigenvalue weighted by atomic mass is 32.1. The summed E-state index contributed by atoms with van der Waals surface area (Å²) in [5, 5.41) is 7.62. The topological polar surface area (TPSA) is 62.7 Å². The Morgan fingerprint density at radius 1 is 1.24 bits per heavy atom. The van der Waals surface area contributed by atoms with Gasteiger partial charge in [0.15, 0.2) is 0 Å². The number of aromatic nitrogens is 3. The number of thiazole rings is 1. The highest BCUT2D eigenvalue weighted by Crippen LogP contribution is 2.23. The van der Waals surface area contributed by atoms with Gasteiger partial charge < -0.3 is 10.6 Å². The van der Waals surface area contributed by atoms with Crippen LogP contribution in [0.1, 0.15) is 48.0 Å². The van der Waals surface area contributed by atoms with Gasteiger partial charge in [-0.3, -0.25) is 0 Å². The van der Waals surface area contributed by atoms with E-state index in [1.165, 1.54) is 4.88 Å². The average Bonchev–Trinajstić information content (AvgIpc) is 2.94. The number of nitrogens with one attached hydrogen (secondary N) is 2. The van der Waals surface area contributed by atoms with Crippen LogP contribution in [-0.2, 0) is 13.0 Å². The molecule has 0 aliphatic rings. The molecule has 0 unspecified atom stereocenters. The Balaban J connectivity index is 2.20. The van der Waals surface area contributed by atoms with Crippen molar-refractivity contribution in [3.63, 3.8) is 0 Å². The lowest BCUT2D eigenvalue weighted by Crippen LogP contribution is -2.10. The molecule has 0 saturated heterocycles. The predicted octanol–water partition coefficient (Wildman–Crippen LogP) is 3.58. The fraction of sp³-hybridized carbons (Fsp3) is 0.533. The van der Waals surface area contributed by atoms with Crippen LogP contribution in [-0.4, -0.2) is 22.0 Å². The van der Waals surface area contributed by atoms with Crippen molar-refractivity contribution < 1.29 is 0 Å². The first kappa shape index (κ1) is 15.7. The van der Waals surface area contributed by atoms with Gasteiger partial charge in [0.25, 0.3) is 0 Å². The molecule has 2 heterocycles. The molecule has 2 rings (SSSR count). The van der Waals surface area contributed by atoms with Gasteiger partial charge in [-0.2, -0.15) is 0 Å². The van der Waals surface area contributed by atoms with E-state index in [1.54, 1.807) is 11.3 Å². The number of hydrogen-bond donors (Lipinski definition) is 2. The molecule has 6 heteroatoms. The molecular formula is C15H23N5S. The van der Waals surface area contributed by atoms with Gasteiger partial charge in [-0.15, -0.1) is 11.3 Å². The van der Waals surface area contributed by atoms with Crippen molar-refractivity contribution in [2.24, 2.45) is 0 Å². The van der Waals surface area contributed by atoms with Gasteiger partial charge in [0.2, 0.25) is 0 Å². The molecule has 0 atom stereocenters. The normalized spacial score (nSPS) is 11.0. The van der Waals surface area contributed by atoms with E-state index in [2.05, 4.69) is 46.4 Å². The minimum atomic E-state index is 0.296. The molecule has 0 aliphatic carbocycles. The van der Waals surface area contributed by atoms with Crippen LogP contribution in [0, 0.1) is 6.92 Å². The van der Waals surface area contributed by atoms with E-state index < -0.39 is 0 Å². The second kappa shape index (κ2) is 6.85. The molecule has 2 aromatic rings. The summed E-state index contributed by atoms with van der Waals surface area (Å²) < 4.78 is 0. The van der Waals surface area contributed by atoms with E-state index >= 15 is 0 Å². The van der Waals surface area contributed by atoms with Gasteiger partial charge in [-0.25, -0.2) is 15.0 Å². The van der Waals surface area contributed by atoms with Crippen LogP contribution in [0.25, 0.3) is 0 Å². The first-order chi connectivity index (χ1) is 10.0. The van der Waals surface area contributed by atoms with Gasteiger partial charge in [0, 0.05) is 29.6 Å². The molecule has 0 radical (unpaired) electrons. The highest BCUT2D eigenvalue weighted by Gasteiger charge is 2.12. The highest BCUT2D eigenvalue weighted by molar-refractivity contribution is 7.11. The van der Waals surface area contributed by atoms with Crippen molar-refractivity contribution in [1.82, 2.24) is 15.0 Å². The predicted molar refractivity (Wildman–Crippen MR) is 89.2 cm³/mol. The maximum absolute atomic E-state index is 4.64. The molecule has 0 saturated carbocycles. The molecule has 114 valence electrons. The molecular weight excluding hydrogens is 282 g/mol. The van der Waals surface area contributed by atoms with Crippen molar-refractivity contribution in [3.8, 4) is 0 Å². The number of hydrogen-bond acceptors (Lipinski definition) is 6. The summed E-state index contributed by atoms with van der Waals surface area (Å²) in [4.78, 5) is 14.9. The zero-order valence-electron chi connectivity index (χ0n) is 13.3. The van der Waals surface area contributed by atoms with E-state index in [9.17, 15) is 0 Å². The fourth-order valence-electron chi connectivity index (χ4n) is 1.96. The maximum atomic E-state index is 4.64. The van der Waals surface area contributed by atoms with E-state index in [0.29, 0.717) is 12.5 Å². The van der Waals surface area contributed by atoms with Gasteiger partial charge in [-0.05, 0) is 13.3 Å². The molecule has 0 fully saturated rings. The van der Waals surface area contributed by atoms with Crippen molar-refractivity contribution in [3.05, 3.63) is 27.5 Å². The van der Waals surface area contributed by atoms with Crippen LogP contribution in [0.3, 0.4) is 0 Å². The van der Waals surface area contributed by atoms with Gasteiger partial charge in [-0.1, -0.05) is 20.8 Å². The Kier molecular flexibility index (Phi) is 5.12. The number of nitrogens with zero attached hydrogens (tertiary/aromatic N) is 3. The second-order valence-corrected chi connectivity index (χ2v) is 6.44. The van der Waals surface area contributed by atoms with Crippen LogP contribution in [0.4, 0.5) is 11.6 Å². The summed E-state index contributed by atoms with van der Waals surface area (Å²) in [5.41, 5.74) is 1.04. The molecule has 0 bridgehead atoms. The van der Waals surface area contributed by atoms with Crippen molar-refractivity contribution in [1.29, 1.82) is 0 Å². The SMILES string of the molecule is CCc1cnc(CNc2nc(C(C)C)nc(NC)c2C)s1. The lowest BCUT2D eigenvalue weighted by Gasteiger charge is -2.14. The van der Waals surface area contributed by atoms with Crippen molar-refractivity contribution in [2.75, 3.05) is 17.7 Å². The fourth-order valence-corrected chi connectivity index (χ4v) is 2.76. The number of rotatable bonds is 6. The van der Waals surface area contributed by atoms with Crippen molar-refractivity contribution in [2.45, 2.75) is 46.6 Å². The van der Waals surface area contributed by atoms with Crippen LogP contribution >= 0.6 is 11.3 Å². The minimum Gasteiger partial charge on any atom is -0.373 e. The Morgan fingerprint density at radius 2 is 1.95 bits per heavy atom. The maximum Gasteiger partial charge on any atom is 0.135 e. The van der Waals surface area contributed by atoms with E-state index in [4.69, 9.17) is 0 Å². The molecule has 2 N–H and O–H groups in total. The van der Waals surface area contributed by atoms with E-state index in [1.807, 2.05) is 20.2 Å². The van der Waals surface area contributed by atoms with E-state index in [-0.39, 0.29) is 0 Å². The molecule has 5 nitrogen and oxygen atoms in total. The third-order valence-corrected chi connectivity index (χ3v) is 4.41. The summed E-state index contributed by atoms with van der Waals surface area (Å²) in [6.07, 6.45) is 2.98. The third-order valence-electron chi connectivity index (χ3n) is 3.27. The molecule has 0 aliphatic heterocycles. The van der Waals surface area contributed by atoms with Crippen LogP contribution in [0.15, 0.2) is 6.20 Å². The minimum absolute atomic E-state index is 0.296. The van der Waals surface area contributed by atoms with Crippen LogP contribution in [0.5, 0.6) is 0 Å². The molecule has 0 spiro atoms. The lowest BCUT2D eigenvalue weighted by atomic mass is 10.2. The first-order valence-electron chi connectivity index (χ1n) is 7.28. The number of aryl methyl sites for hydroxylation is 1. The summed E-state index contributed by atoms with van der Waals surface area (Å²) in [7, 11) is 1.89. The van der Waals surface area contributed by atoms with Crippen molar-refractivity contribution >= 4 is 23.0 Å². The Labute approximate surface area is 130 Å². The Bertz CT molecular complexity index is 606. The first-order valence-corrected chi connectivity index (χ1v) is 8.10. The zero-order valence-corrected chi connectivity index (χ0v) is 14.1. The third kappa shape index (κ3) is 3.69. The van der Waals surface area contributed by atoms with Gasteiger partial charge in [0.05, 0.1) is 6.54 Å². The standard InChI is InChI=1S/C15H23N5S/c1-6-11-7-17-12(21-11)8-18-15-10(4)14(16-5)19-13(20-15)9(2)3/h7,9H,6,8H2,1-5H3,(H2,16,18,19,20). The average molecular weight is 305 g/mol. The Hall–Kier alpha value is -1.69. The quantitative estimate of drug-likeness (QED) is 0.854. The lowest BCUT2D eigenvalue weighted by molar-refractivity contribution is 0.773. The molecule has 0 aromatic carbocycles. The summed E-state index contributed by atoms with van der Waals surface area (Å²) in [5.74, 6) is 2.90. The van der Waals surface area contributed by atoms with E-state index in [0.717, 1.165) is 34.5 Å². The second-order valence-electron chi connectivity index (χ2n) is 5.24. The van der Waals surface area contributed by atoms with Gasteiger partial charge >= 0.3 is 0 Å². The summed E-state index contributed by atoms with van der Waals surface area (Å²) in [6.45, 7) is 9.07. The number of anilines is 2. The molecule has 0 amide bonds. The summed E-state index contributed by atoms with van der Waals surface area (Å²) in [6, 6.07) is 0. The molecule has 2 aromatic heterocycles. The largest absolute Gasteiger partial charge is 0.373 e. The Morgan fingerprint density at radius 3 is 2.52 bits per heavy atom.